The van der Waals surface area contributed by atoms with Crippen LogP contribution in [0.15, 0.2) is 54.6 Å². The van der Waals surface area contributed by atoms with E-state index in [0.29, 0.717) is 17.1 Å². The summed E-state index contributed by atoms with van der Waals surface area (Å²) in [6.45, 7) is 1.77. The lowest BCUT2D eigenvalue weighted by Gasteiger charge is -2.28. The molecule has 1 heterocycles. The van der Waals surface area contributed by atoms with Gasteiger partial charge in [-0.15, -0.1) is 0 Å². The van der Waals surface area contributed by atoms with Crippen LogP contribution in [0.3, 0.4) is 0 Å². The van der Waals surface area contributed by atoms with E-state index in [-0.39, 0.29) is 18.9 Å². The molecule has 0 bridgehead atoms. The lowest BCUT2D eigenvalue weighted by Crippen LogP contribution is -2.65. The number of ketones is 1. The quantitative estimate of drug-likeness (QED) is 0.619. The number of benzene rings is 2. The average Bonchev–Trinajstić information content (AvgIpc) is 2.98. The molecule has 2 N–H and O–H groups in total. The fraction of sp³-hybridized carbons (Fsp3) is 0.222. The Morgan fingerprint density at radius 1 is 1.00 bits per heavy atom. The normalized spacial score (nSPS) is 14.0. The van der Waals surface area contributed by atoms with Gasteiger partial charge in [0, 0.05) is 5.56 Å². The van der Waals surface area contributed by atoms with Crippen molar-refractivity contribution in [3.63, 3.8) is 0 Å². The number of Topliss-reactive ketones (excluding diaryl/α,β-unsaturated/α-hetero) is 1. The summed E-state index contributed by atoms with van der Waals surface area (Å²) in [7, 11) is 0. The van der Waals surface area contributed by atoms with E-state index in [1.807, 2.05) is 6.07 Å². The molecule has 0 aromatic heterocycles. The van der Waals surface area contributed by atoms with Crippen LogP contribution in [0.5, 0.6) is 11.5 Å². The van der Waals surface area contributed by atoms with Crippen molar-refractivity contribution in [2.75, 3.05) is 13.2 Å². The maximum Gasteiger partial charge on any atom is 0.414 e. The molecule has 130 valence electrons. The van der Waals surface area contributed by atoms with Gasteiger partial charge in [-0.05, 0) is 19.1 Å². The van der Waals surface area contributed by atoms with Gasteiger partial charge in [-0.2, -0.15) is 0 Å². The zero-order valence-electron chi connectivity index (χ0n) is 13.7. The van der Waals surface area contributed by atoms with Crippen LogP contribution in [-0.2, 0) is 4.74 Å². The van der Waals surface area contributed by atoms with E-state index in [9.17, 15) is 9.59 Å². The smallest absolute Gasteiger partial charge is 0.414 e. The Balaban J connectivity index is 1.74. The highest BCUT2D eigenvalue weighted by Gasteiger charge is 2.44. The van der Waals surface area contributed by atoms with Gasteiger partial charge in [0.05, 0.1) is 13.2 Å². The number of carbonyl (C=O) groups is 2. The number of para-hydroxylation sites is 2. The molecule has 7 nitrogen and oxygen atoms in total. The minimum atomic E-state index is -1.71. The number of hydrogen-bond acceptors (Lipinski definition) is 6. The van der Waals surface area contributed by atoms with Crippen molar-refractivity contribution in [2.24, 2.45) is 0 Å². The summed E-state index contributed by atoms with van der Waals surface area (Å²) in [5.41, 5.74) is 0.539. The third-order valence-electron chi connectivity index (χ3n) is 3.48. The van der Waals surface area contributed by atoms with Crippen LogP contribution >= 0.6 is 0 Å². The van der Waals surface area contributed by atoms with Gasteiger partial charge in [-0.1, -0.05) is 42.5 Å². The van der Waals surface area contributed by atoms with Gasteiger partial charge in [0.2, 0.25) is 0 Å². The van der Waals surface area contributed by atoms with Crippen molar-refractivity contribution >= 4 is 11.9 Å². The van der Waals surface area contributed by atoms with Crippen LogP contribution in [0.4, 0.5) is 4.79 Å². The molecule has 2 aromatic rings. The van der Waals surface area contributed by atoms with Crippen LogP contribution in [0.1, 0.15) is 17.3 Å². The maximum atomic E-state index is 12.3. The van der Waals surface area contributed by atoms with Crippen LogP contribution in [0.25, 0.3) is 0 Å². The molecule has 3 rings (SSSR count). The highest BCUT2D eigenvalue weighted by molar-refractivity contribution is 5.97. The van der Waals surface area contributed by atoms with Gasteiger partial charge in [-0.25, -0.2) is 15.4 Å². The van der Waals surface area contributed by atoms with Crippen LogP contribution in [0, 0.1) is 0 Å². The number of alkyl carbamates (subject to hydrolysis) is 1. The predicted molar refractivity (Wildman–Crippen MR) is 89.4 cm³/mol. The summed E-state index contributed by atoms with van der Waals surface area (Å²) in [6.07, 6.45) is -0.727. The molecule has 0 saturated carbocycles. The van der Waals surface area contributed by atoms with Crippen LogP contribution in [0.2, 0.25) is 0 Å². The largest absolute Gasteiger partial charge is 0.450 e. The summed E-state index contributed by atoms with van der Waals surface area (Å²) in [6, 6.07) is 14.0. The summed E-state index contributed by atoms with van der Waals surface area (Å²) < 4.78 is 16.3. The Morgan fingerprint density at radius 2 is 1.60 bits per heavy atom. The van der Waals surface area contributed by atoms with E-state index in [2.05, 4.69) is 10.6 Å². The lowest BCUT2D eigenvalue weighted by atomic mass is 10.1. The zero-order valence-corrected chi connectivity index (χ0v) is 13.7. The second-order valence-electron chi connectivity index (χ2n) is 5.26. The molecule has 0 aliphatic carbocycles. The first kappa shape index (κ1) is 16.8. The fourth-order valence-electron chi connectivity index (χ4n) is 2.34. The monoisotopic (exact) mass is 342 g/mol. The SMILES string of the molecule is CCOC(=O)NC1(NCC(=O)c2ccccc2)Oc2ccccc2O1. The number of fused-ring (bicyclic) bond motifs is 1. The van der Waals surface area contributed by atoms with Crippen LogP contribution in [-0.4, -0.2) is 31.1 Å². The van der Waals surface area contributed by atoms with E-state index < -0.39 is 12.1 Å². The van der Waals surface area contributed by atoms with E-state index in [0.717, 1.165) is 0 Å². The van der Waals surface area contributed by atoms with Crippen molar-refractivity contribution in [2.45, 2.75) is 13.0 Å². The molecule has 7 heteroatoms. The molecule has 0 unspecified atom stereocenters. The van der Waals surface area contributed by atoms with Gasteiger partial charge in [-0.3, -0.25) is 4.79 Å². The summed E-state index contributed by atoms with van der Waals surface area (Å²) >= 11 is 0. The third-order valence-corrected chi connectivity index (χ3v) is 3.48. The molecule has 0 saturated heterocycles. The Labute approximate surface area is 144 Å². The molecule has 25 heavy (non-hydrogen) atoms. The molecule has 1 amide bonds. The molecule has 0 spiro atoms. The molecule has 0 fully saturated rings. The minimum Gasteiger partial charge on any atom is -0.450 e. The number of nitrogens with one attached hydrogen (secondary N) is 2. The Hall–Kier alpha value is -3.06. The number of amides is 1. The fourth-order valence-corrected chi connectivity index (χ4v) is 2.34. The molecular weight excluding hydrogens is 324 g/mol. The highest BCUT2D eigenvalue weighted by atomic mass is 16.8. The van der Waals surface area contributed by atoms with Gasteiger partial charge in [0.1, 0.15) is 0 Å². The highest BCUT2D eigenvalue weighted by Crippen LogP contribution is 2.36. The van der Waals surface area contributed by atoms with Gasteiger partial charge in [0.25, 0.3) is 0 Å². The van der Waals surface area contributed by atoms with Crippen LogP contribution < -0.4 is 20.1 Å². The summed E-state index contributed by atoms with van der Waals surface area (Å²) in [5, 5.41) is 5.30. The first-order valence-corrected chi connectivity index (χ1v) is 7.87. The minimum absolute atomic E-state index is 0.107. The molecule has 2 aromatic carbocycles. The van der Waals surface area contributed by atoms with Gasteiger partial charge < -0.3 is 14.2 Å². The van der Waals surface area contributed by atoms with E-state index in [1.165, 1.54) is 0 Å². The predicted octanol–water partition coefficient (Wildman–Crippen LogP) is 2.29. The van der Waals surface area contributed by atoms with E-state index in [1.54, 1.807) is 55.5 Å². The molecular formula is C18H18N2O5. The Morgan fingerprint density at radius 3 is 2.20 bits per heavy atom. The maximum absolute atomic E-state index is 12.3. The average molecular weight is 342 g/mol. The Bertz CT molecular complexity index is 738. The Kier molecular flexibility index (Phi) is 4.85. The van der Waals surface area contributed by atoms with Crippen molar-refractivity contribution in [1.29, 1.82) is 0 Å². The third kappa shape index (κ3) is 3.89. The molecule has 1 aliphatic heterocycles. The number of ether oxygens (including phenoxy) is 3. The second-order valence-corrected chi connectivity index (χ2v) is 5.26. The molecule has 1 aliphatic rings. The molecule has 0 atom stereocenters. The second kappa shape index (κ2) is 7.23. The summed E-state index contributed by atoms with van der Waals surface area (Å²) in [4.78, 5) is 24.2. The molecule has 0 radical (unpaired) electrons. The number of hydrogen-bond donors (Lipinski definition) is 2. The van der Waals surface area contributed by atoms with Crippen molar-refractivity contribution in [1.82, 2.24) is 10.6 Å². The topological polar surface area (TPSA) is 85.9 Å². The number of rotatable bonds is 6. The first-order valence-electron chi connectivity index (χ1n) is 7.87. The van der Waals surface area contributed by atoms with Crippen molar-refractivity contribution < 1.29 is 23.8 Å². The van der Waals surface area contributed by atoms with Crippen molar-refractivity contribution in [3.05, 3.63) is 60.2 Å². The first-order chi connectivity index (χ1) is 12.1. The zero-order chi connectivity index (χ0) is 17.7. The lowest BCUT2D eigenvalue weighted by molar-refractivity contribution is -0.128. The van der Waals surface area contributed by atoms with Crippen molar-refractivity contribution in [3.8, 4) is 11.5 Å². The van der Waals surface area contributed by atoms with E-state index >= 15 is 0 Å². The summed E-state index contributed by atoms with van der Waals surface area (Å²) in [5.74, 6) is 0.715. The van der Waals surface area contributed by atoms with E-state index in [4.69, 9.17) is 14.2 Å². The van der Waals surface area contributed by atoms with Gasteiger partial charge >= 0.3 is 12.1 Å². The van der Waals surface area contributed by atoms with Gasteiger partial charge in [0.15, 0.2) is 17.3 Å². The number of carbonyl (C=O) groups excluding carboxylic acids is 2. The standard InChI is InChI=1S/C18H18N2O5/c1-2-23-17(22)20-18(24-15-10-6-7-11-16(15)25-18)19-12-14(21)13-8-4-3-5-9-13/h3-11,19H,2,12H2,1H3,(H,20,22).